The zero-order valence-electron chi connectivity index (χ0n) is 23.7. The van der Waals surface area contributed by atoms with Gasteiger partial charge in [0.1, 0.15) is 11.6 Å². The molecule has 1 aliphatic carbocycles. The molecule has 0 bridgehead atoms. The minimum absolute atomic E-state index is 0.00552. The van der Waals surface area contributed by atoms with Gasteiger partial charge in [-0.05, 0) is 42.7 Å². The third kappa shape index (κ3) is 7.95. The number of carboxylic acid groups (broad SMARTS) is 1. The number of hydrazine groups is 1. The van der Waals surface area contributed by atoms with E-state index in [0.717, 1.165) is 22.9 Å². The summed E-state index contributed by atoms with van der Waals surface area (Å²) in [5.41, 5.74) is 4.84. The molecule has 10 heteroatoms. The van der Waals surface area contributed by atoms with Gasteiger partial charge >= 0.3 is 5.97 Å². The summed E-state index contributed by atoms with van der Waals surface area (Å²) in [4.78, 5) is 38.3. The molecule has 7 N–H and O–H groups in total. The lowest BCUT2D eigenvalue weighted by Gasteiger charge is -2.34. The topological polar surface area (TPSA) is 162 Å². The highest BCUT2D eigenvalue weighted by Gasteiger charge is 2.43. The summed E-state index contributed by atoms with van der Waals surface area (Å²) in [5, 5.41) is 25.5. The van der Waals surface area contributed by atoms with Crippen molar-refractivity contribution in [1.29, 1.82) is 0 Å². The predicted molar refractivity (Wildman–Crippen MR) is 155 cm³/mol. The summed E-state index contributed by atoms with van der Waals surface area (Å²) in [6, 6.07) is 11.1. The third-order valence-corrected chi connectivity index (χ3v) is 7.65. The van der Waals surface area contributed by atoms with E-state index < -0.39 is 35.5 Å². The van der Waals surface area contributed by atoms with Crippen LogP contribution in [0.3, 0.4) is 0 Å². The second-order valence-electron chi connectivity index (χ2n) is 11.3. The zero-order valence-corrected chi connectivity index (χ0v) is 23.7. The lowest BCUT2D eigenvalue weighted by atomic mass is 9.91. The van der Waals surface area contributed by atoms with Crippen LogP contribution in [0.1, 0.15) is 69.7 Å². The van der Waals surface area contributed by atoms with E-state index in [9.17, 15) is 24.6 Å². The van der Waals surface area contributed by atoms with Crippen LogP contribution in [0.2, 0.25) is 0 Å². The molecular formula is C30H43N5O5. The van der Waals surface area contributed by atoms with Gasteiger partial charge in [-0.2, -0.15) is 0 Å². The molecule has 0 radical (unpaired) electrons. The lowest BCUT2D eigenvalue weighted by Crippen LogP contribution is -2.49. The Kier molecular flexibility index (Phi) is 10.5. The van der Waals surface area contributed by atoms with Crippen molar-refractivity contribution < 1.29 is 24.6 Å². The first-order valence-corrected chi connectivity index (χ1v) is 13.9. The van der Waals surface area contributed by atoms with Crippen molar-refractivity contribution in [1.82, 2.24) is 15.2 Å². The number of amides is 2. The zero-order chi connectivity index (χ0) is 29.4. The molecule has 2 aromatic carbocycles. The molecule has 1 saturated heterocycles. The van der Waals surface area contributed by atoms with Crippen LogP contribution in [0.15, 0.2) is 54.4 Å². The third-order valence-electron chi connectivity index (χ3n) is 7.65. The fraction of sp³-hybridized carbons (Fsp3) is 0.500. The molecule has 40 heavy (non-hydrogen) atoms. The summed E-state index contributed by atoms with van der Waals surface area (Å²) in [5.74, 6) is 4.98. The fourth-order valence-corrected chi connectivity index (χ4v) is 5.32. The molecule has 2 aliphatic rings. The Labute approximate surface area is 236 Å². The minimum atomic E-state index is -1.35. The Bertz CT molecular complexity index is 1220. The number of carbonyl (C=O) groups excluding carboxylic acids is 2. The maximum atomic E-state index is 12.8. The van der Waals surface area contributed by atoms with E-state index in [-0.39, 0.29) is 25.2 Å². The first kappa shape index (κ1) is 30.9. The first-order chi connectivity index (χ1) is 18.9. The Morgan fingerprint density at radius 1 is 1.10 bits per heavy atom. The van der Waals surface area contributed by atoms with Gasteiger partial charge in [0.2, 0.25) is 5.91 Å². The number of nitrogens with two attached hydrogens (primary N) is 2. The van der Waals surface area contributed by atoms with Gasteiger partial charge in [-0.25, -0.2) is 10.6 Å². The molecule has 0 aromatic heterocycles. The van der Waals surface area contributed by atoms with Gasteiger partial charge in [-0.1, -0.05) is 69.4 Å². The van der Waals surface area contributed by atoms with Crippen LogP contribution in [-0.4, -0.2) is 68.7 Å². The molecule has 2 fully saturated rings. The quantitative estimate of drug-likeness (QED) is 0.258. The van der Waals surface area contributed by atoms with Crippen molar-refractivity contribution in [3.8, 4) is 0 Å². The van der Waals surface area contributed by atoms with Gasteiger partial charge in [0, 0.05) is 24.7 Å². The summed E-state index contributed by atoms with van der Waals surface area (Å²) in [6.07, 6.45) is 8.64. The highest BCUT2D eigenvalue weighted by Crippen LogP contribution is 2.27. The Hall–Kier alpha value is -3.63. The lowest BCUT2D eigenvalue weighted by molar-refractivity contribution is -0.147. The van der Waals surface area contributed by atoms with Gasteiger partial charge in [0.25, 0.3) is 5.91 Å². The van der Waals surface area contributed by atoms with Crippen molar-refractivity contribution in [2.45, 2.75) is 77.0 Å². The number of aliphatic hydroxyl groups is 1. The van der Waals surface area contributed by atoms with Crippen LogP contribution in [0.25, 0.3) is 10.8 Å². The predicted octanol–water partition coefficient (Wildman–Crippen LogP) is 2.96. The highest BCUT2D eigenvalue weighted by molar-refractivity contribution is 6.00. The second kappa shape index (κ2) is 13.6. The van der Waals surface area contributed by atoms with E-state index >= 15 is 0 Å². The Balaban J connectivity index is 0.000000547. The average molecular weight is 554 g/mol. The number of hydrogen-bond donors (Lipinski definition) is 5. The summed E-state index contributed by atoms with van der Waals surface area (Å²) in [6.45, 7) is 5.00. The van der Waals surface area contributed by atoms with Crippen molar-refractivity contribution >= 4 is 28.6 Å². The van der Waals surface area contributed by atoms with E-state index in [1.54, 1.807) is 12.1 Å². The molecule has 1 heterocycles. The minimum Gasteiger partial charge on any atom is -0.480 e. The Morgan fingerprint density at radius 3 is 2.30 bits per heavy atom. The number of nitrogens with zero attached hydrogens (tertiary/aromatic N) is 2. The number of rotatable bonds is 7. The average Bonchev–Trinajstić information content (AvgIpc) is 3.38. The number of carbonyl (C=O) groups is 3. The van der Waals surface area contributed by atoms with Gasteiger partial charge < -0.3 is 31.2 Å². The van der Waals surface area contributed by atoms with Crippen molar-refractivity contribution in [3.63, 3.8) is 0 Å². The number of hydrogen-bond acceptors (Lipinski definition) is 7. The number of fused-ring (bicyclic) bond motifs is 1. The SMILES string of the molecule is CC(C)(O)/C(=C/N)N(N)C1CC(C(=O)O)N(C(=O)CNC(=O)c2ccc3ccccc3c2)C1.CC1CCCCC1. The van der Waals surface area contributed by atoms with E-state index in [0.29, 0.717) is 5.56 Å². The van der Waals surface area contributed by atoms with E-state index in [2.05, 4.69) is 12.2 Å². The van der Waals surface area contributed by atoms with Crippen LogP contribution in [0, 0.1) is 5.92 Å². The molecule has 2 aromatic rings. The smallest absolute Gasteiger partial charge is 0.326 e. The summed E-state index contributed by atoms with van der Waals surface area (Å²) < 4.78 is 0. The number of likely N-dealkylation sites (tertiary alicyclic amines) is 1. The highest BCUT2D eigenvalue weighted by atomic mass is 16.4. The first-order valence-electron chi connectivity index (χ1n) is 13.9. The monoisotopic (exact) mass is 553 g/mol. The van der Waals surface area contributed by atoms with Crippen molar-refractivity contribution in [3.05, 3.63) is 59.9 Å². The standard InChI is InChI=1S/C23H29N5O5.C7H14/c1-23(2,33)19(11-24)28(25)17-10-18(22(31)32)27(13-17)20(29)12-26-21(30)16-8-7-14-5-3-4-6-15(14)9-16;1-7-5-3-2-4-6-7/h3-9,11,17-18,33H,10,12-13,24-25H2,1-2H3,(H,26,30)(H,31,32);7H,2-6H2,1H3/b19-11-;. The van der Waals surface area contributed by atoms with Gasteiger partial charge in [-0.3, -0.25) is 9.59 Å². The maximum absolute atomic E-state index is 12.8. The van der Waals surface area contributed by atoms with Gasteiger partial charge in [0.05, 0.1) is 18.3 Å². The summed E-state index contributed by atoms with van der Waals surface area (Å²) in [7, 11) is 0. The molecule has 2 amide bonds. The van der Waals surface area contributed by atoms with Crippen LogP contribution in [-0.2, 0) is 9.59 Å². The Morgan fingerprint density at radius 2 is 1.75 bits per heavy atom. The molecule has 10 nitrogen and oxygen atoms in total. The normalized spacial score (nSPS) is 20.0. The van der Waals surface area contributed by atoms with E-state index in [1.807, 2.05) is 30.3 Å². The molecule has 1 aliphatic heterocycles. The number of nitrogens with one attached hydrogen (secondary N) is 1. The number of aliphatic carboxylic acids is 1. The van der Waals surface area contributed by atoms with E-state index in [1.165, 1.54) is 55.9 Å². The molecule has 218 valence electrons. The maximum Gasteiger partial charge on any atom is 0.326 e. The molecule has 2 atom stereocenters. The van der Waals surface area contributed by atoms with Gasteiger partial charge in [-0.15, -0.1) is 0 Å². The second-order valence-corrected chi connectivity index (χ2v) is 11.3. The van der Waals surface area contributed by atoms with Crippen LogP contribution < -0.4 is 16.9 Å². The number of carboxylic acids is 1. The molecular weight excluding hydrogens is 510 g/mol. The van der Waals surface area contributed by atoms with Gasteiger partial charge in [0.15, 0.2) is 0 Å². The fourth-order valence-electron chi connectivity index (χ4n) is 5.32. The summed E-state index contributed by atoms with van der Waals surface area (Å²) >= 11 is 0. The molecule has 0 spiro atoms. The molecule has 4 rings (SSSR count). The van der Waals surface area contributed by atoms with Crippen molar-refractivity contribution in [2.24, 2.45) is 17.5 Å². The number of benzene rings is 2. The molecule has 2 unspecified atom stereocenters. The van der Waals surface area contributed by atoms with E-state index in [4.69, 9.17) is 11.6 Å². The molecule has 1 saturated carbocycles. The van der Waals surface area contributed by atoms with Crippen LogP contribution >= 0.6 is 0 Å². The largest absolute Gasteiger partial charge is 0.480 e. The van der Waals surface area contributed by atoms with Crippen LogP contribution in [0.4, 0.5) is 0 Å². The van der Waals surface area contributed by atoms with Crippen LogP contribution in [0.5, 0.6) is 0 Å². The van der Waals surface area contributed by atoms with Crippen molar-refractivity contribution in [2.75, 3.05) is 13.1 Å².